The second-order valence-electron chi connectivity index (χ2n) is 18.8. The first-order valence-corrected chi connectivity index (χ1v) is 29.1. The molecule has 0 fully saturated rings. The molecule has 0 aromatic carbocycles. The van der Waals surface area contributed by atoms with Crippen LogP contribution in [0.15, 0.2) is 122 Å². The van der Waals surface area contributed by atoms with Gasteiger partial charge in [0.25, 0.3) is 0 Å². The van der Waals surface area contributed by atoms with Crippen LogP contribution in [-0.2, 0) is 23.8 Å². The van der Waals surface area contributed by atoms with Crippen LogP contribution in [0, 0.1) is 0 Å². The molecule has 0 radical (unpaired) electrons. The minimum absolute atomic E-state index is 0.101. The van der Waals surface area contributed by atoms with Crippen molar-refractivity contribution >= 4 is 11.9 Å². The van der Waals surface area contributed by atoms with Gasteiger partial charge in [-0.25, -0.2) is 0 Å². The standard InChI is InChI=1S/C65H108O5/c1-4-7-10-13-16-19-22-25-28-31-33-35-37-40-43-46-49-52-55-58-64(66)69-61-63(68-60-57-54-51-48-45-42-39-30-27-24-21-18-15-12-9-6-3)62-70-65(67)59-56-53-50-47-44-41-38-36-34-32-29-26-23-20-17-14-11-8-5-2/h7,10,16-17,19-20,25-26,28-29,33-36,40-41,43-44,50,53,63H,4-6,8-9,11-15,18,21-24,27,30-32,37-39,42,45-49,51-52,54-62H2,1-3H3/b10-7-,19-16-,20-17-,28-25-,29-26-,35-33-,36-34-,43-40-,44-41-,53-50-/t63-/m1/s1. The summed E-state index contributed by atoms with van der Waals surface area (Å²) in [5, 5.41) is 0. The largest absolute Gasteiger partial charge is 0.463 e. The number of carbonyl (C=O) groups is 2. The van der Waals surface area contributed by atoms with Gasteiger partial charge < -0.3 is 14.2 Å². The van der Waals surface area contributed by atoms with Crippen LogP contribution in [0.25, 0.3) is 0 Å². The zero-order valence-electron chi connectivity index (χ0n) is 45.7. The van der Waals surface area contributed by atoms with Crippen molar-refractivity contribution < 1.29 is 23.8 Å². The lowest BCUT2D eigenvalue weighted by Crippen LogP contribution is -2.29. The number of unbranched alkanes of at least 4 members (excludes halogenated alkanes) is 21. The van der Waals surface area contributed by atoms with Gasteiger partial charge in [-0.15, -0.1) is 0 Å². The SMILES string of the molecule is CC/C=C\C/C=C\C/C=C\C/C=C\C/C=C\CCCCCC(=O)OC[C@H](COC(=O)CC/C=C\C/C=C\C/C=C\C/C=C\C/C=C\CCCCC)OCCCCCCCCCCCCCCCCCC. The number of ether oxygens (including phenoxy) is 3. The van der Waals surface area contributed by atoms with Gasteiger partial charge in [0.05, 0.1) is 0 Å². The third-order valence-corrected chi connectivity index (χ3v) is 12.0. The fourth-order valence-corrected chi connectivity index (χ4v) is 7.67. The quantitative estimate of drug-likeness (QED) is 0.0345. The maximum atomic E-state index is 12.7. The molecule has 0 heterocycles. The predicted molar refractivity (Wildman–Crippen MR) is 306 cm³/mol. The van der Waals surface area contributed by atoms with Gasteiger partial charge in [-0.05, 0) is 103 Å². The van der Waals surface area contributed by atoms with E-state index in [2.05, 4.69) is 136 Å². The summed E-state index contributed by atoms with van der Waals surface area (Å²) in [5.41, 5.74) is 0. The van der Waals surface area contributed by atoms with Gasteiger partial charge in [-0.3, -0.25) is 9.59 Å². The first-order chi connectivity index (χ1) is 34.6. The number of hydrogen-bond donors (Lipinski definition) is 0. The van der Waals surface area contributed by atoms with E-state index in [1.165, 1.54) is 116 Å². The Labute approximate surface area is 433 Å². The van der Waals surface area contributed by atoms with Gasteiger partial charge in [0.2, 0.25) is 0 Å². The van der Waals surface area contributed by atoms with Crippen LogP contribution in [0.2, 0.25) is 0 Å². The Balaban J connectivity index is 4.45. The second kappa shape index (κ2) is 59.6. The summed E-state index contributed by atoms with van der Waals surface area (Å²) in [6, 6.07) is 0. The molecule has 0 rings (SSSR count). The second-order valence-corrected chi connectivity index (χ2v) is 18.8. The number of rotatable bonds is 52. The highest BCUT2D eigenvalue weighted by molar-refractivity contribution is 5.70. The average Bonchev–Trinajstić information content (AvgIpc) is 3.36. The zero-order chi connectivity index (χ0) is 50.6. The van der Waals surface area contributed by atoms with Crippen LogP contribution in [0.4, 0.5) is 0 Å². The third-order valence-electron chi connectivity index (χ3n) is 12.0. The molecule has 0 spiro atoms. The Bertz CT molecular complexity index is 1420. The van der Waals surface area contributed by atoms with Gasteiger partial charge in [-0.2, -0.15) is 0 Å². The van der Waals surface area contributed by atoms with Gasteiger partial charge in [0.15, 0.2) is 0 Å². The summed E-state index contributed by atoms with van der Waals surface area (Å²) >= 11 is 0. The molecule has 0 aliphatic rings. The molecule has 0 aliphatic carbocycles. The van der Waals surface area contributed by atoms with E-state index in [4.69, 9.17) is 14.2 Å². The molecule has 5 heteroatoms. The Morgan fingerprint density at radius 3 is 1.01 bits per heavy atom. The van der Waals surface area contributed by atoms with Crippen molar-refractivity contribution in [3.63, 3.8) is 0 Å². The molecule has 0 saturated carbocycles. The van der Waals surface area contributed by atoms with E-state index in [0.29, 0.717) is 25.9 Å². The molecular weight excluding hydrogens is 861 g/mol. The smallest absolute Gasteiger partial charge is 0.306 e. The molecule has 0 saturated heterocycles. The van der Waals surface area contributed by atoms with E-state index in [0.717, 1.165) is 96.3 Å². The summed E-state index contributed by atoms with van der Waals surface area (Å²) in [6.45, 7) is 7.48. The molecule has 0 aromatic rings. The number of esters is 2. The molecular formula is C65H108O5. The van der Waals surface area contributed by atoms with Crippen molar-refractivity contribution in [2.45, 2.75) is 258 Å². The van der Waals surface area contributed by atoms with Crippen molar-refractivity contribution in [2.24, 2.45) is 0 Å². The lowest BCUT2D eigenvalue weighted by atomic mass is 10.0. The monoisotopic (exact) mass is 969 g/mol. The molecule has 0 aromatic heterocycles. The van der Waals surface area contributed by atoms with Gasteiger partial charge in [0.1, 0.15) is 19.3 Å². The summed E-state index contributed by atoms with van der Waals surface area (Å²) in [7, 11) is 0. The predicted octanol–water partition coefficient (Wildman–Crippen LogP) is 20.1. The number of hydrogen-bond acceptors (Lipinski definition) is 5. The Hall–Kier alpha value is -3.70. The van der Waals surface area contributed by atoms with Crippen molar-refractivity contribution in [1.82, 2.24) is 0 Å². The molecule has 1 atom stereocenters. The van der Waals surface area contributed by atoms with E-state index in [1.54, 1.807) is 0 Å². The summed E-state index contributed by atoms with van der Waals surface area (Å²) < 4.78 is 17.4. The van der Waals surface area contributed by atoms with Crippen LogP contribution in [0.3, 0.4) is 0 Å². The van der Waals surface area contributed by atoms with Crippen molar-refractivity contribution in [1.29, 1.82) is 0 Å². The summed E-state index contributed by atoms with van der Waals surface area (Å²) in [6.07, 6.45) is 83.9. The lowest BCUT2D eigenvalue weighted by molar-refractivity contribution is -0.155. The minimum Gasteiger partial charge on any atom is -0.463 e. The first-order valence-electron chi connectivity index (χ1n) is 29.1. The molecule has 398 valence electrons. The highest BCUT2D eigenvalue weighted by Crippen LogP contribution is 2.15. The average molecular weight is 970 g/mol. The van der Waals surface area contributed by atoms with Crippen molar-refractivity contribution in [3.05, 3.63) is 122 Å². The molecule has 0 N–H and O–H groups in total. The van der Waals surface area contributed by atoms with E-state index in [9.17, 15) is 9.59 Å². The topological polar surface area (TPSA) is 61.8 Å². The molecule has 5 nitrogen and oxygen atoms in total. The maximum absolute atomic E-state index is 12.7. The summed E-state index contributed by atoms with van der Waals surface area (Å²) in [5.74, 6) is -0.464. The zero-order valence-corrected chi connectivity index (χ0v) is 45.7. The van der Waals surface area contributed by atoms with Gasteiger partial charge in [-0.1, -0.05) is 258 Å². The molecule has 0 bridgehead atoms. The maximum Gasteiger partial charge on any atom is 0.306 e. The highest BCUT2D eigenvalue weighted by atomic mass is 16.6. The van der Waals surface area contributed by atoms with E-state index >= 15 is 0 Å². The van der Waals surface area contributed by atoms with Gasteiger partial charge in [0, 0.05) is 19.4 Å². The normalized spacial score (nSPS) is 13.1. The molecule has 0 unspecified atom stereocenters. The first kappa shape index (κ1) is 66.3. The van der Waals surface area contributed by atoms with Crippen LogP contribution in [-0.4, -0.2) is 37.9 Å². The fraction of sp³-hybridized carbons (Fsp3) is 0.662. The van der Waals surface area contributed by atoms with Crippen LogP contribution in [0.1, 0.15) is 252 Å². The van der Waals surface area contributed by atoms with Crippen LogP contribution >= 0.6 is 0 Å². The number of carbonyl (C=O) groups excluding carboxylic acids is 2. The minimum atomic E-state index is -0.451. The van der Waals surface area contributed by atoms with Crippen LogP contribution < -0.4 is 0 Å². The third kappa shape index (κ3) is 56.9. The molecule has 0 amide bonds. The number of allylic oxidation sites excluding steroid dienone is 20. The molecule has 0 aliphatic heterocycles. The van der Waals surface area contributed by atoms with Gasteiger partial charge >= 0.3 is 11.9 Å². The Morgan fingerprint density at radius 1 is 0.314 bits per heavy atom. The lowest BCUT2D eigenvalue weighted by Gasteiger charge is -2.18. The van der Waals surface area contributed by atoms with Crippen molar-refractivity contribution in [2.75, 3.05) is 19.8 Å². The summed E-state index contributed by atoms with van der Waals surface area (Å²) in [4.78, 5) is 25.3. The van der Waals surface area contributed by atoms with Crippen molar-refractivity contribution in [3.8, 4) is 0 Å². The molecule has 70 heavy (non-hydrogen) atoms. The van der Waals surface area contributed by atoms with Crippen LogP contribution in [0.5, 0.6) is 0 Å². The fourth-order valence-electron chi connectivity index (χ4n) is 7.67. The Kier molecular flexibility index (Phi) is 56.5. The van der Waals surface area contributed by atoms with E-state index in [1.807, 2.05) is 6.08 Å². The highest BCUT2D eigenvalue weighted by Gasteiger charge is 2.15. The van der Waals surface area contributed by atoms with E-state index < -0.39 is 6.10 Å². The van der Waals surface area contributed by atoms with E-state index in [-0.39, 0.29) is 25.2 Å². The Morgan fingerprint density at radius 2 is 0.614 bits per heavy atom.